The first-order chi connectivity index (χ1) is 9.81. The summed E-state index contributed by atoms with van der Waals surface area (Å²) >= 11 is 0. The van der Waals surface area contributed by atoms with E-state index in [1.807, 2.05) is 0 Å². The van der Waals surface area contributed by atoms with Crippen LogP contribution in [0.5, 0.6) is 0 Å². The van der Waals surface area contributed by atoms with Crippen LogP contribution < -0.4 is 0 Å². The molecule has 1 N–H and O–H groups in total. The highest BCUT2D eigenvalue weighted by Crippen LogP contribution is 2.10. The largest absolute Gasteiger partial charge is 0.394 e. The molecule has 0 aliphatic heterocycles. The standard InChI is InChI=1S/C17H37NO2/c1-3-4-5-6-7-8-9-10-11-12-13-18(2)14-16-20-17-15-19/h19H,3-17H2,1-2H3. The maximum Gasteiger partial charge on any atom is 0.0698 e. The first-order valence-electron chi connectivity index (χ1n) is 8.68. The Kier molecular flexibility index (Phi) is 16.8. The van der Waals surface area contributed by atoms with E-state index in [1.54, 1.807) is 0 Å². The third kappa shape index (κ3) is 15.9. The Morgan fingerprint density at radius 1 is 0.750 bits per heavy atom. The Hall–Kier alpha value is -0.120. The topological polar surface area (TPSA) is 32.7 Å². The molecule has 0 fully saturated rings. The molecule has 0 rings (SSSR count). The minimum Gasteiger partial charge on any atom is -0.394 e. The number of hydrogen-bond donors (Lipinski definition) is 1. The molecule has 0 aromatic carbocycles. The number of nitrogens with zero attached hydrogens (tertiary/aromatic N) is 1. The van der Waals surface area contributed by atoms with E-state index >= 15 is 0 Å². The first kappa shape index (κ1) is 19.9. The lowest BCUT2D eigenvalue weighted by Crippen LogP contribution is -2.24. The summed E-state index contributed by atoms with van der Waals surface area (Å²) in [7, 11) is 2.15. The van der Waals surface area contributed by atoms with Crippen molar-refractivity contribution in [3.63, 3.8) is 0 Å². The SMILES string of the molecule is CCCCCCCCCCCCN(C)CCOCCO. The van der Waals surface area contributed by atoms with Crippen LogP contribution >= 0.6 is 0 Å². The summed E-state index contributed by atoms with van der Waals surface area (Å²) in [5, 5.41) is 8.60. The van der Waals surface area contributed by atoms with Crippen molar-refractivity contribution < 1.29 is 9.84 Å². The average Bonchev–Trinajstić information content (AvgIpc) is 2.45. The van der Waals surface area contributed by atoms with E-state index in [0.29, 0.717) is 6.61 Å². The number of rotatable bonds is 16. The Morgan fingerprint density at radius 3 is 1.85 bits per heavy atom. The van der Waals surface area contributed by atoms with Crippen LogP contribution in [0.25, 0.3) is 0 Å². The van der Waals surface area contributed by atoms with Crippen molar-refractivity contribution in [1.82, 2.24) is 4.90 Å². The molecule has 0 saturated carbocycles. The number of likely N-dealkylation sites (N-methyl/N-ethyl adjacent to an activating group) is 1. The van der Waals surface area contributed by atoms with Crippen molar-refractivity contribution in [2.24, 2.45) is 0 Å². The Labute approximate surface area is 126 Å². The second kappa shape index (κ2) is 16.9. The summed E-state index contributed by atoms with van der Waals surface area (Å²) in [6.07, 6.45) is 13.9. The summed E-state index contributed by atoms with van der Waals surface area (Å²) in [5.41, 5.74) is 0. The quantitative estimate of drug-likeness (QED) is 0.438. The number of hydrogen-bond acceptors (Lipinski definition) is 3. The molecule has 0 amide bonds. The zero-order valence-electron chi connectivity index (χ0n) is 13.9. The van der Waals surface area contributed by atoms with Gasteiger partial charge >= 0.3 is 0 Å². The van der Waals surface area contributed by atoms with Crippen molar-refractivity contribution in [2.75, 3.05) is 40.0 Å². The average molecular weight is 287 g/mol. The molecule has 3 heteroatoms. The van der Waals surface area contributed by atoms with Gasteiger partial charge in [0.2, 0.25) is 0 Å². The van der Waals surface area contributed by atoms with E-state index in [4.69, 9.17) is 9.84 Å². The van der Waals surface area contributed by atoms with E-state index in [0.717, 1.165) is 13.2 Å². The van der Waals surface area contributed by atoms with Crippen LogP contribution in [0.15, 0.2) is 0 Å². The van der Waals surface area contributed by atoms with Crippen molar-refractivity contribution in [1.29, 1.82) is 0 Å². The molecule has 0 aliphatic rings. The molecule has 0 bridgehead atoms. The Morgan fingerprint density at radius 2 is 1.30 bits per heavy atom. The molecule has 0 spiro atoms. The predicted octanol–water partition coefficient (Wildman–Crippen LogP) is 3.85. The van der Waals surface area contributed by atoms with Gasteiger partial charge in [0.05, 0.1) is 19.8 Å². The summed E-state index contributed by atoms with van der Waals surface area (Å²) < 4.78 is 5.26. The molecule has 0 radical (unpaired) electrons. The van der Waals surface area contributed by atoms with Gasteiger partial charge in [0.15, 0.2) is 0 Å². The van der Waals surface area contributed by atoms with Gasteiger partial charge in [0, 0.05) is 6.54 Å². The summed E-state index contributed by atoms with van der Waals surface area (Å²) in [5.74, 6) is 0. The summed E-state index contributed by atoms with van der Waals surface area (Å²) in [6.45, 7) is 5.73. The highest BCUT2D eigenvalue weighted by atomic mass is 16.5. The monoisotopic (exact) mass is 287 g/mol. The lowest BCUT2D eigenvalue weighted by Gasteiger charge is -2.16. The molecule has 0 heterocycles. The normalized spacial score (nSPS) is 11.4. The fourth-order valence-corrected chi connectivity index (χ4v) is 2.37. The van der Waals surface area contributed by atoms with Gasteiger partial charge in [-0.25, -0.2) is 0 Å². The molecular weight excluding hydrogens is 250 g/mol. The van der Waals surface area contributed by atoms with Crippen molar-refractivity contribution in [3.8, 4) is 0 Å². The molecule has 0 aromatic rings. The smallest absolute Gasteiger partial charge is 0.0698 e. The molecule has 3 nitrogen and oxygen atoms in total. The molecule has 20 heavy (non-hydrogen) atoms. The molecule has 0 saturated heterocycles. The van der Waals surface area contributed by atoms with Gasteiger partial charge in [-0.1, -0.05) is 64.7 Å². The number of aliphatic hydroxyl groups is 1. The second-order valence-corrected chi connectivity index (χ2v) is 5.82. The van der Waals surface area contributed by atoms with Gasteiger partial charge in [-0.05, 0) is 20.0 Å². The van der Waals surface area contributed by atoms with Crippen LogP contribution in [0.2, 0.25) is 0 Å². The van der Waals surface area contributed by atoms with Gasteiger partial charge in [-0.15, -0.1) is 0 Å². The van der Waals surface area contributed by atoms with Crippen LogP contribution in [0.4, 0.5) is 0 Å². The van der Waals surface area contributed by atoms with Crippen LogP contribution in [0, 0.1) is 0 Å². The van der Waals surface area contributed by atoms with E-state index in [1.165, 1.54) is 70.8 Å². The zero-order chi connectivity index (χ0) is 14.9. The lowest BCUT2D eigenvalue weighted by molar-refractivity contribution is 0.0781. The van der Waals surface area contributed by atoms with Gasteiger partial charge in [-0.2, -0.15) is 0 Å². The molecule has 0 unspecified atom stereocenters. The molecule has 122 valence electrons. The minimum absolute atomic E-state index is 0.127. The fourth-order valence-electron chi connectivity index (χ4n) is 2.37. The molecular formula is C17H37NO2. The Bertz CT molecular complexity index is 176. The first-order valence-corrected chi connectivity index (χ1v) is 8.68. The minimum atomic E-state index is 0.127. The highest BCUT2D eigenvalue weighted by Gasteiger charge is 1.98. The maximum absolute atomic E-state index is 8.60. The van der Waals surface area contributed by atoms with Crippen molar-refractivity contribution in [2.45, 2.75) is 71.1 Å². The fraction of sp³-hybridized carbons (Fsp3) is 1.00. The van der Waals surface area contributed by atoms with Crippen LogP contribution in [0.1, 0.15) is 71.1 Å². The second-order valence-electron chi connectivity index (χ2n) is 5.82. The van der Waals surface area contributed by atoms with Crippen molar-refractivity contribution >= 4 is 0 Å². The Balaban J connectivity index is 3.07. The maximum atomic E-state index is 8.60. The predicted molar refractivity (Wildman–Crippen MR) is 87.2 cm³/mol. The highest BCUT2D eigenvalue weighted by molar-refractivity contribution is 4.53. The van der Waals surface area contributed by atoms with Gasteiger partial charge in [-0.3, -0.25) is 0 Å². The van der Waals surface area contributed by atoms with Gasteiger partial charge < -0.3 is 14.7 Å². The van der Waals surface area contributed by atoms with E-state index in [-0.39, 0.29) is 6.61 Å². The van der Waals surface area contributed by atoms with Gasteiger partial charge in [0.1, 0.15) is 0 Å². The zero-order valence-corrected chi connectivity index (χ0v) is 13.9. The van der Waals surface area contributed by atoms with E-state index < -0.39 is 0 Å². The lowest BCUT2D eigenvalue weighted by atomic mass is 10.1. The number of ether oxygens (including phenoxy) is 1. The summed E-state index contributed by atoms with van der Waals surface area (Å²) in [4.78, 5) is 2.32. The number of unbranched alkanes of at least 4 members (excludes halogenated alkanes) is 9. The van der Waals surface area contributed by atoms with Crippen LogP contribution in [0.3, 0.4) is 0 Å². The van der Waals surface area contributed by atoms with Crippen LogP contribution in [-0.4, -0.2) is 50.0 Å². The molecule has 0 atom stereocenters. The third-order valence-electron chi connectivity index (χ3n) is 3.75. The van der Waals surface area contributed by atoms with E-state index in [9.17, 15) is 0 Å². The summed E-state index contributed by atoms with van der Waals surface area (Å²) in [6, 6.07) is 0. The molecule has 0 aliphatic carbocycles. The molecule has 0 aromatic heterocycles. The van der Waals surface area contributed by atoms with Crippen molar-refractivity contribution in [3.05, 3.63) is 0 Å². The number of aliphatic hydroxyl groups excluding tert-OH is 1. The van der Waals surface area contributed by atoms with E-state index in [2.05, 4.69) is 18.9 Å². The van der Waals surface area contributed by atoms with Crippen LogP contribution in [-0.2, 0) is 4.74 Å². The third-order valence-corrected chi connectivity index (χ3v) is 3.75. The van der Waals surface area contributed by atoms with Gasteiger partial charge in [0.25, 0.3) is 0 Å².